The van der Waals surface area contributed by atoms with Crippen molar-refractivity contribution in [2.45, 2.75) is 32.1 Å². The fraction of sp³-hybridized carbons (Fsp3) is 0.429. The lowest BCUT2D eigenvalue weighted by atomic mass is 10.2. The van der Waals surface area contributed by atoms with Gasteiger partial charge in [0, 0.05) is 12.7 Å². The van der Waals surface area contributed by atoms with E-state index in [9.17, 15) is 8.78 Å². The van der Waals surface area contributed by atoms with Gasteiger partial charge in [-0.2, -0.15) is 13.9 Å². The van der Waals surface area contributed by atoms with Gasteiger partial charge < -0.3 is 14.8 Å². The van der Waals surface area contributed by atoms with Crippen molar-refractivity contribution in [2.75, 3.05) is 11.9 Å². The van der Waals surface area contributed by atoms with Crippen LogP contribution in [0.4, 0.5) is 20.4 Å². The minimum atomic E-state index is -2.93. The highest BCUT2D eigenvalue weighted by Gasteiger charge is 2.18. The molecule has 4 rings (SSSR count). The number of hydrogen-bond acceptors (Lipinski definition) is 7. The lowest BCUT2D eigenvalue weighted by molar-refractivity contribution is -0.0528. The van der Waals surface area contributed by atoms with Gasteiger partial charge in [0.1, 0.15) is 11.3 Å². The first-order valence-corrected chi connectivity index (χ1v) is 7.75. The zero-order chi connectivity index (χ0) is 17.2. The molecule has 1 fully saturated rings. The molecule has 4 heterocycles. The third kappa shape index (κ3) is 3.50. The number of hydrogen-bond donors (Lipinski definition) is 2. The zero-order valence-corrected chi connectivity index (χ0v) is 13.0. The van der Waals surface area contributed by atoms with Crippen molar-refractivity contribution in [1.29, 1.82) is 0 Å². The largest absolute Gasteiger partial charge is 0.415 e. The summed E-state index contributed by atoms with van der Waals surface area (Å²) in [5, 5.41) is 13.4. The summed E-state index contributed by atoms with van der Waals surface area (Å²) in [7, 11) is 0. The van der Waals surface area contributed by atoms with E-state index in [-0.39, 0.29) is 12.0 Å². The summed E-state index contributed by atoms with van der Waals surface area (Å²) in [6.45, 7) is -1.55. The molecular weight excluding hydrogens is 336 g/mol. The van der Waals surface area contributed by atoms with Crippen LogP contribution in [0.2, 0.25) is 0 Å². The number of rotatable bonds is 6. The summed E-state index contributed by atoms with van der Waals surface area (Å²) >= 11 is 0. The van der Waals surface area contributed by atoms with E-state index < -0.39 is 6.61 Å². The van der Waals surface area contributed by atoms with E-state index in [0.29, 0.717) is 29.3 Å². The summed E-state index contributed by atoms with van der Waals surface area (Å²) in [6, 6.07) is 1.31. The maximum absolute atomic E-state index is 12.2. The van der Waals surface area contributed by atoms with Crippen LogP contribution in [0.25, 0.3) is 11.2 Å². The second kappa shape index (κ2) is 6.59. The molecule has 132 valence electrons. The predicted molar refractivity (Wildman–Crippen MR) is 82.8 cm³/mol. The van der Waals surface area contributed by atoms with Crippen LogP contribution in [-0.2, 0) is 11.3 Å². The van der Waals surface area contributed by atoms with Crippen LogP contribution in [0.1, 0.15) is 12.8 Å². The van der Waals surface area contributed by atoms with Crippen molar-refractivity contribution in [2.24, 2.45) is 0 Å². The molecule has 3 aromatic rings. The molecule has 0 saturated carbocycles. The summed E-state index contributed by atoms with van der Waals surface area (Å²) in [5.74, 6) is 0.568. The molecule has 1 aliphatic rings. The quantitative estimate of drug-likeness (QED) is 0.701. The first-order chi connectivity index (χ1) is 12.2. The molecule has 1 atom stereocenters. The van der Waals surface area contributed by atoms with Crippen LogP contribution in [-0.4, -0.2) is 49.3 Å². The Kier molecular flexibility index (Phi) is 4.14. The summed E-state index contributed by atoms with van der Waals surface area (Å²) in [5.41, 5.74) is 1.28. The number of nitrogens with one attached hydrogen (secondary N) is 2. The SMILES string of the molecule is FC(F)Oc1cc(Nc2cnc3cnn(CC4CCCO4)c3n2)[nH]n1. The summed E-state index contributed by atoms with van der Waals surface area (Å²) in [4.78, 5) is 8.77. The van der Waals surface area contributed by atoms with E-state index in [4.69, 9.17) is 4.74 Å². The molecular formula is C14H15F2N7O2. The van der Waals surface area contributed by atoms with Gasteiger partial charge in [-0.15, -0.1) is 5.10 Å². The highest BCUT2D eigenvalue weighted by Crippen LogP contribution is 2.21. The monoisotopic (exact) mass is 351 g/mol. The Bertz CT molecular complexity index is 860. The summed E-state index contributed by atoms with van der Waals surface area (Å²) < 4.78 is 35.9. The molecule has 0 spiro atoms. The molecule has 0 amide bonds. The normalized spacial score (nSPS) is 17.5. The molecule has 0 aliphatic carbocycles. The van der Waals surface area contributed by atoms with Crippen LogP contribution in [0.3, 0.4) is 0 Å². The van der Waals surface area contributed by atoms with Crippen LogP contribution < -0.4 is 10.1 Å². The van der Waals surface area contributed by atoms with Gasteiger partial charge in [0.05, 0.1) is 25.0 Å². The Hall–Kier alpha value is -2.82. The topological polar surface area (TPSA) is 103 Å². The van der Waals surface area contributed by atoms with E-state index >= 15 is 0 Å². The Morgan fingerprint density at radius 2 is 2.36 bits per heavy atom. The highest BCUT2D eigenvalue weighted by atomic mass is 19.3. The number of fused-ring (bicyclic) bond motifs is 1. The average Bonchev–Trinajstić information content (AvgIpc) is 3.30. The minimum absolute atomic E-state index is 0.128. The third-order valence-electron chi connectivity index (χ3n) is 3.77. The lowest BCUT2D eigenvalue weighted by Crippen LogP contribution is -2.16. The van der Waals surface area contributed by atoms with Gasteiger partial charge in [0.15, 0.2) is 11.5 Å². The Morgan fingerprint density at radius 3 is 3.16 bits per heavy atom. The van der Waals surface area contributed by atoms with Crippen LogP contribution >= 0.6 is 0 Å². The van der Waals surface area contributed by atoms with Gasteiger partial charge in [0.2, 0.25) is 5.88 Å². The second-order valence-corrected chi connectivity index (χ2v) is 5.55. The zero-order valence-electron chi connectivity index (χ0n) is 13.0. The fourth-order valence-electron chi connectivity index (χ4n) is 2.68. The molecule has 3 aromatic heterocycles. The smallest absolute Gasteiger partial charge is 0.388 e. The van der Waals surface area contributed by atoms with E-state index in [2.05, 4.69) is 35.3 Å². The van der Waals surface area contributed by atoms with Gasteiger partial charge >= 0.3 is 6.61 Å². The lowest BCUT2D eigenvalue weighted by Gasteiger charge is -2.10. The maximum atomic E-state index is 12.2. The molecule has 9 nitrogen and oxygen atoms in total. The number of anilines is 2. The van der Waals surface area contributed by atoms with E-state index in [0.717, 1.165) is 19.4 Å². The molecule has 2 N–H and O–H groups in total. The van der Waals surface area contributed by atoms with Crippen molar-refractivity contribution >= 4 is 22.8 Å². The van der Waals surface area contributed by atoms with Gasteiger partial charge in [-0.05, 0) is 12.8 Å². The van der Waals surface area contributed by atoms with Gasteiger partial charge in [-0.3, -0.25) is 5.10 Å². The number of aromatic amines is 1. The molecule has 11 heteroatoms. The molecule has 1 aliphatic heterocycles. The fourth-order valence-corrected chi connectivity index (χ4v) is 2.68. The van der Waals surface area contributed by atoms with Crippen LogP contribution in [0.15, 0.2) is 18.5 Å². The molecule has 0 bridgehead atoms. The number of alkyl halides is 2. The Morgan fingerprint density at radius 1 is 1.44 bits per heavy atom. The first kappa shape index (κ1) is 15.7. The average molecular weight is 351 g/mol. The number of aromatic nitrogens is 6. The van der Waals surface area contributed by atoms with Gasteiger partial charge in [-0.25, -0.2) is 14.6 Å². The standard InChI is InChI=1S/C14H15F2N7O2/c15-14(16)25-12-4-10(21-22-12)19-11-6-17-9-5-18-23(13(9)20-11)7-8-2-1-3-24-8/h4-6,8,14H,1-3,7H2,(H2,19,20,21,22). The Labute approximate surface area is 140 Å². The van der Waals surface area contributed by atoms with Crippen LogP contribution in [0, 0.1) is 0 Å². The van der Waals surface area contributed by atoms with Crippen LogP contribution in [0.5, 0.6) is 5.88 Å². The molecule has 1 unspecified atom stereocenters. The van der Waals surface area contributed by atoms with Crippen molar-refractivity contribution in [1.82, 2.24) is 29.9 Å². The van der Waals surface area contributed by atoms with Crippen molar-refractivity contribution in [3.05, 3.63) is 18.5 Å². The van der Waals surface area contributed by atoms with E-state index in [1.165, 1.54) is 12.3 Å². The predicted octanol–water partition coefficient (Wildman–Crippen LogP) is 2.07. The minimum Gasteiger partial charge on any atom is -0.415 e. The first-order valence-electron chi connectivity index (χ1n) is 7.75. The Balaban J connectivity index is 1.52. The number of ether oxygens (including phenoxy) is 2. The maximum Gasteiger partial charge on any atom is 0.388 e. The second-order valence-electron chi connectivity index (χ2n) is 5.55. The van der Waals surface area contributed by atoms with E-state index in [1.54, 1.807) is 10.9 Å². The van der Waals surface area contributed by atoms with E-state index in [1.807, 2.05) is 0 Å². The number of H-pyrrole nitrogens is 1. The van der Waals surface area contributed by atoms with Crippen molar-refractivity contribution in [3.8, 4) is 5.88 Å². The number of halogens is 2. The van der Waals surface area contributed by atoms with Gasteiger partial charge in [-0.1, -0.05) is 0 Å². The molecule has 0 aromatic carbocycles. The van der Waals surface area contributed by atoms with Crippen molar-refractivity contribution in [3.63, 3.8) is 0 Å². The molecule has 1 saturated heterocycles. The molecule has 25 heavy (non-hydrogen) atoms. The van der Waals surface area contributed by atoms with Crippen molar-refractivity contribution < 1.29 is 18.3 Å². The summed E-state index contributed by atoms with van der Waals surface area (Å²) in [6.07, 6.45) is 5.34. The highest BCUT2D eigenvalue weighted by molar-refractivity contribution is 5.71. The third-order valence-corrected chi connectivity index (χ3v) is 3.77. The molecule has 0 radical (unpaired) electrons. The number of nitrogens with zero attached hydrogens (tertiary/aromatic N) is 5. The van der Waals surface area contributed by atoms with Gasteiger partial charge in [0.25, 0.3) is 0 Å².